The quantitative estimate of drug-likeness (QED) is 0.814. The van der Waals surface area contributed by atoms with Crippen molar-refractivity contribution in [2.24, 2.45) is 0 Å². The zero-order valence-corrected chi connectivity index (χ0v) is 16.4. The number of amides is 1. The zero-order chi connectivity index (χ0) is 14.8. The summed E-state index contributed by atoms with van der Waals surface area (Å²) in [5, 5.41) is 7.39. The number of hydrogen-bond acceptors (Lipinski definition) is 6. The maximum Gasteiger partial charge on any atom is 0.261 e. The van der Waals surface area contributed by atoms with E-state index in [9.17, 15) is 4.79 Å². The van der Waals surface area contributed by atoms with Crippen LogP contribution in [0.3, 0.4) is 0 Å². The van der Waals surface area contributed by atoms with E-state index in [-0.39, 0.29) is 36.8 Å². The molecule has 2 N–H and O–H groups in total. The Bertz CT molecular complexity index is 604. The molecule has 0 radical (unpaired) electrons. The molecule has 1 aliphatic heterocycles. The first-order valence-electron chi connectivity index (χ1n) is 7.38. The van der Waals surface area contributed by atoms with Crippen LogP contribution in [0, 0.1) is 0 Å². The molecule has 130 valence electrons. The Balaban J connectivity index is 0.00000132. The number of rotatable bonds is 5. The Morgan fingerprint density at radius 2 is 2.13 bits per heavy atom. The average molecular weight is 397 g/mol. The Labute approximate surface area is 156 Å². The van der Waals surface area contributed by atoms with Gasteiger partial charge in [0.25, 0.3) is 5.91 Å². The van der Waals surface area contributed by atoms with Crippen molar-refractivity contribution in [2.45, 2.75) is 26.3 Å². The second kappa shape index (κ2) is 9.03. The van der Waals surface area contributed by atoms with E-state index in [2.05, 4.69) is 34.4 Å². The van der Waals surface area contributed by atoms with Gasteiger partial charge in [0, 0.05) is 25.7 Å². The third-order valence-electron chi connectivity index (χ3n) is 3.73. The van der Waals surface area contributed by atoms with Gasteiger partial charge in [-0.05, 0) is 32.9 Å². The van der Waals surface area contributed by atoms with Crippen molar-refractivity contribution in [3.05, 3.63) is 10.9 Å². The van der Waals surface area contributed by atoms with Crippen LogP contribution in [0.4, 0.5) is 5.13 Å². The lowest BCUT2D eigenvalue weighted by atomic mass is 10.2. The molecule has 3 rings (SSSR count). The number of hydrogen-bond donors (Lipinski definition) is 2. The number of aromatic nitrogens is 1. The molecule has 1 aliphatic rings. The number of carbonyl (C=O) groups is 1. The third-order valence-corrected chi connectivity index (χ3v) is 5.95. The van der Waals surface area contributed by atoms with Crippen molar-refractivity contribution in [1.29, 1.82) is 0 Å². The molecule has 0 bridgehead atoms. The normalized spacial score (nSPS) is 16.7. The molecule has 1 fully saturated rings. The lowest BCUT2D eigenvalue weighted by Crippen LogP contribution is -2.35. The zero-order valence-electron chi connectivity index (χ0n) is 13.1. The molecule has 0 saturated carbocycles. The smallest absolute Gasteiger partial charge is 0.261 e. The molecule has 5 nitrogen and oxygen atoms in total. The van der Waals surface area contributed by atoms with Crippen molar-refractivity contribution in [1.82, 2.24) is 15.6 Å². The van der Waals surface area contributed by atoms with Crippen LogP contribution in [0.15, 0.2) is 6.07 Å². The number of carbonyl (C=O) groups excluding carboxylic acids is 1. The fourth-order valence-corrected chi connectivity index (χ4v) is 4.74. The lowest BCUT2D eigenvalue weighted by Gasteiger charge is -2.16. The Morgan fingerprint density at radius 3 is 2.70 bits per heavy atom. The standard InChI is InChI=1S/C14H20N4OS2.2ClH/c1-3-18(4-2)14-17-13-11(21-14)7-10(20-13)12(19)16-9-5-6-15-8-9;;/h7,9,15H,3-6,8H2,1-2H3,(H,16,19);2*1H. The van der Waals surface area contributed by atoms with Crippen LogP contribution in [0.25, 0.3) is 9.53 Å². The first kappa shape index (κ1) is 20.4. The maximum absolute atomic E-state index is 12.2. The van der Waals surface area contributed by atoms with Gasteiger partial charge in [0.15, 0.2) is 5.13 Å². The van der Waals surface area contributed by atoms with Crippen LogP contribution >= 0.6 is 47.5 Å². The first-order valence-corrected chi connectivity index (χ1v) is 9.01. The number of halogens is 2. The molecule has 1 amide bonds. The molecule has 23 heavy (non-hydrogen) atoms. The van der Waals surface area contributed by atoms with Gasteiger partial charge in [-0.3, -0.25) is 4.79 Å². The number of nitrogens with zero attached hydrogens (tertiary/aromatic N) is 2. The van der Waals surface area contributed by atoms with Crippen LogP contribution in [-0.2, 0) is 0 Å². The molecule has 1 atom stereocenters. The molecular weight excluding hydrogens is 375 g/mol. The number of fused-ring (bicyclic) bond motifs is 1. The summed E-state index contributed by atoms with van der Waals surface area (Å²) in [6.07, 6.45) is 1.01. The fraction of sp³-hybridized carbons (Fsp3) is 0.571. The van der Waals surface area contributed by atoms with Gasteiger partial charge in [-0.25, -0.2) is 4.98 Å². The maximum atomic E-state index is 12.2. The molecule has 9 heteroatoms. The van der Waals surface area contributed by atoms with E-state index in [1.807, 2.05) is 6.07 Å². The third kappa shape index (κ3) is 4.48. The predicted octanol–water partition coefficient (Wildman–Crippen LogP) is 3.14. The van der Waals surface area contributed by atoms with E-state index in [0.717, 1.165) is 52.1 Å². The Morgan fingerprint density at radius 1 is 1.39 bits per heavy atom. The largest absolute Gasteiger partial charge is 0.349 e. The molecule has 1 unspecified atom stereocenters. The summed E-state index contributed by atoms with van der Waals surface area (Å²) in [4.78, 5) is 20.9. The van der Waals surface area contributed by atoms with Crippen LogP contribution in [0.1, 0.15) is 29.9 Å². The van der Waals surface area contributed by atoms with Crippen molar-refractivity contribution in [3.8, 4) is 0 Å². The highest BCUT2D eigenvalue weighted by atomic mass is 35.5. The summed E-state index contributed by atoms with van der Waals surface area (Å²) in [7, 11) is 0. The number of nitrogens with one attached hydrogen (secondary N) is 2. The van der Waals surface area contributed by atoms with Gasteiger partial charge < -0.3 is 15.5 Å². The van der Waals surface area contributed by atoms with E-state index >= 15 is 0 Å². The minimum Gasteiger partial charge on any atom is -0.349 e. The van der Waals surface area contributed by atoms with Crippen LogP contribution in [-0.4, -0.2) is 43.1 Å². The number of thiophene rings is 1. The minimum atomic E-state index is 0. The van der Waals surface area contributed by atoms with Crippen LogP contribution in [0.2, 0.25) is 0 Å². The summed E-state index contributed by atoms with van der Waals surface area (Å²) >= 11 is 3.16. The summed E-state index contributed by atoms with van der Waals surface area (Å²) in [6, 6.07) is 2.24. The van der Waals surface area contributed by atoms with Crippen LogP contribution in [0.5, 0.6) is 0 Å². The van der Waals surface area contributed by atoms with Gasteiger partial charge in [0.1, 0.15) is 4.83 Å². The molecule has 2 aromatic rings. The highest BCUT2D eigenvalue weighted by Gasteiger charge is 2.20. The number of thiazole rings is 1. The van der Waals surface area contributed by atoms with Gasteiger partial charge in [-0.15, -0.1) is 36.2 Å². The van der Waals surface area contributed by atoms with Crippen LogP contribution < -0.4 is 15.5 Å². The molecule has 3 heterocycles. The molecular formula is C14H22Cl2N4OS2. The van der Waals surface area contributed by atoms with Gasteiger partial charge in [0.05, 0.1) is 9.58 Å². The van der Waals surface area contributed by atoms with E-state index in [0.29, 0.717) is 0 Å². The summed E-state index contributed by atoms with van der Waals surface area (Å²) in [6.45, 7) is 8.04. The fourth-order valence-electron chi connectivity index (χ4n) is 2.50. The summed E-state index contributed by atoms with van der Waals surface area (Å²) in [5.74, 6) is 0.0308. The van der Waals surface area contributed by atoms with Crippen molar-refractivity contribution >= 4 is 68.1 Å². The average Bonchev–Trinajstić information content (AvgIpc) is 3.15. The second-order valence-electron chi connectivity index (χ2n) is 5.11. The van der Waals surface area contributed by atoms with E-state index in [1.165, 1.54) is 11.3 Å². The Kier molecular flexibility index (Phi) is 8.03. The first-order chi connectivity index (χ1) is 10.2. The van der Waals surface area contributed by atoms with E-state index in [1.54, 1.807) is 11.3 Å². The van der Waals surface area contributed by atoms with Gasteiger partial charge >= 0.3 is 0 Å². The van der Waals surface area contributed by atoms with Crippen molar-refractivity contribution < 1.29 is 4.79 Å². The lowest BCUT2D eigenvalue weighted by molar-refractivity contribution is 0.0944. The molecule has 2 aromatic heterocycles. The van der Waals surface area contributed by atoms with Gasteiger partial charge in [0.2, 0.25) is 0 Å². The topological polar surface area (TPSA) is 57.3 Å². The molecule has 0 aliphatic carbocycles. The van der Waals surface area contributed by atoms with Crippen molar-refractivity contribution in [2.75, 3.05) is 31.1 Å². The van der Waals surface area contributed by atoms with Gasteiger partial charge in [-0.2, -0.15) is 0 Å². The molecule has 0 aromatic carbocycles. The summed E-state index contributed by atoms with van der Waals surface area (Å²) < 4.78 is 1.11. The van der Waals surface area contributed by atoms with Crippen molar-refractivity contribution in [3.63, 3.8) is 0 Å². The van der Waals surface area contributed by atoms with Gasteiger partial charge in [-0.1, -0.05) is 11.3 Å². The molecule has 0 spiro atoms. The molecule has 1 saturated heterocycles. The minimum absolute atomic E-state index is 0. The monoisotopic (exact) mass is 396 g/mol. The Hall–Kier alpha value is -0.600. The predicted molar refractivity (Wildman–Crippen MR) is 104 cm³/mol. The highest BCUT2D eigenvalue weighted by Crippen LogP contribution is 2.34. The van der Waals surface area contributed by atoms with E-state index in [4.69, 9.17) is 0 Å². The highest BCUT2D eigenvalue weighted by molar-refractivity contribution is 7.29. The van der Waals surface area contributed by atoms with E-state index < -0.39 is 0 Å². The number of anilines is 1. The SMILES string of the molecule is CCN(CC)c1nc2sc(C(=O)NC3CCNC3)cc2s1.Cl.Cl. The second-order valence-corrected chi connectivity index (χ2v) is 7.15. The summed E-state index contributed by atoms with van der Waals surface area (Å²) in [5.41, 5.74) is 0.